The molecule has 4 rings (SSSR count). The topological polar surface area (TPSA) is 47.5 Å². The van der Waals surface area contributed by atoms with E-state index in [9.17, 15) is 13.2 Å². The van der Waals surface area contributed by atoms with Crippen LogP contribution in [0.2, 0.25) is 0 Å². The SMILES string of the molecule is C[C@@H]1CN(c2ccc(C(F)(F)F)c3c2CN(c2cnc(N(C)C)nc2)CC3)CCN1. The van der Waals surface area contributed by atoms with Crippen LogP contribution in [-0.4, -0.2) is 56.3 Å². The summed E-state index contributed by atoms with van der Waals surface area (Å²) < 4.78 is 41.1. The maximum atomic E-state index is 13.7. The third kappa shape index (κ3) is 4.03. The molecule has 2 aromatic rings. The quantitative estimate of drug-likeness (QED) is 0.824. The van der Waals surface area contributed by atoms with E-state index in [0.29, 0.717) is 37.1 Å². The van der Waals surface area contributed by atoms with Crippen molar-refractivity contribution in [2.45, 2.75) is 32.1 Å². The fraction of sp³-hybridized carbons (Fsp3) is 0.524. The van der Waals surface area contributed by atoms with Crippen LogP contribution in [0.15, 0.2) is 24.5 Å². The van der Waals surface area contributed by atoms with Gasteiger partial charge in [0.25, 0.3) is 0 Å². The zero-order valence-corrected chi connectivity index (χ0v) is 17.5. The van der Waals surface area contributed by atoms with Crippen molar-refractivity contribution in [3.63, 3.8) is 0 Å². The van der Waals surface area contributed by atoms with Gasteiger partial charge in [0.05, 0.1) is 23.6 Å². The molecule has 3 heterocycles. The number of piperazine rings is 1. The molecule has 0 unspecified atom stereocenters. The summed E-state index contributed by atoms with van der Waals surface area (Å²) >= 11 is 0. The van der Waals surface area contributed by atoms with Crippen LogP contribution in [0.3, 0.4) is 0 Å². The predicted molar refractivity (Wildman–Crippen MR) is 112 cm³/mol. The van der Waals surface area contributed by atoms with E-state index < -0.39 is 11.7 Å². The molecule has 1 saturated heterocycles. The van der Waals surface area contributed by atoms with E-state index in [0.717, 1.165) is 36.6 Å². The van der Waals surface area contributed by atoms with Crippen LogP contribution in [0.25, 0.3) is 0 Å². The standard InChI is InChI=1S/C21H27F3N6/c1-14-12-30(9-7-25-14)19-5-4-18(21(22,23)24)16-6-8-29(13-17(16)19)15-10-26-20(27-11-15)28(2)3/h4-5,10-11,14,25H,6-9,12-13H2,1-3H3/t14-/m1/s1. The van der Waals surface area contributed by atoms with Crippen molar-refractivity contribution in [2.75, 3.05) is 55.0 Å². The summed E-state index contributed by atoms with van der Waals surface area (Å²) in [6, 6.07) is 3.20. The number of anilines is 3. The summed E-state index contributed by atoms with van der Waals surface area (Å²) in [5, 5.41) is 3.39. The Bertz CT molecular complexity index is 897. The number of halogens is 3. The predicted octanol–water partition coefficient (Wildman–Crippen LogP) is 2.92. The molecule has 9 heteroatoms. The molecule has 0 radical (unpaired) electrons. The van der Waals surface area contributed by atoms with Gasteiger partial charge in [0.15, 0.2) is 0 Å². The Kier molecular flexibility index (Phi) is 5.48. The summed E-state index contributed by atoms with van der Waals surface area (Å²) in [4.78, 5) is 14.8. The van der Waals surface area contributed by atoms with Crippen molar-refractivity contribution < 1.29 is 13.2 Å². The average Bonchev–Trinajstić information content (AvgIpc) is 2.72. The van der Waals surface area contributed by atoms with Crippen LogP contribution in [0.1, 0.15) is 23.6 Å². The number of rotatable bonds is 3. The Morgan fingerprint density at radius 1 is 1.07 bits per heavy atom. The van der Waals surface area contributed by atoms with Gasteiger partial charge < -0.3 is 20.0 Å². The van der Waals surface area contributed by atoms with Crippen LogP contribution < -0.4 is 20.0 Å². The van der Waals surface area contributed by atoms with Crippen LogP contribution >= 0.6 is 0 Å². The molecule has 0 bridgehead atoms. The molecule has 2 aliphatic heterocycles. The number of fused-ring (bicyclic) bond motifs is 1. The molecule has 0 saturated carbocycles. The van der Waals surface area contributed by atoms with Crippen LogP contribution in [0.5, 0.6) is 0 Å². The van der Waals surface area contributed by atoms with Crippen molar-refractivity contribution in [1.82, 2.24) is 15.3 Å². The van der Waals surface area contributed by atoms with E-state index in [4.69, 9.17) is 0 Å². The zero-order chi connectivity index (χ0) is 21.5. The van der Waals surface area contributed by atoms with Gasteiger partial charge in [0.2, 0.25) is 5.95 Å². The average molecular weight is 420 g/mol. The van der Waals surface area contributed by atoms with Gasteiger partial charge in [0.1, 0.15) is 0 Å². The van der Waals surface area contributed by atoms with Crippen LogP contribution in [-0.2, 0) is 19.1 Å². The summed E-state index contributed by atoms with van der Waals surface area (Å²) in [5.74, 6) is 0.603. The molecule has 1 aromatic heterocycles. The molecule has 30 heavy (non-hydrogen) atoms. The summed E-state index contributed by atoms with van der Waals surface area (Å²) in [7, 11) is 3.73. The molecule has 1 aromatic carbocycles. The molecule has 0 aliphatic carbocycles. The lowest BCUT2D eigenvalue weighted by Gasteiger charge is -2.39. The highest BCUT2D eigenvalue weighted by atomic mass is 19.4. The Labute approximate surface area is 174 Å². The van der Waals surface area contributed by atoms with Gasteiger partial charge in [-0.15, -0.1) is 0 Å². The Morgan fingerprint density at radius 2 is 1.80 bits per heavy atom. The van der Waals surface area contributed by atoms with E-state index in [1.165, 1.54) is 6.07 Å². The molecular weight excluding hydrogens is 393 g/mol. The number of nitrogens with one attached hydrogen (secondary N) is 1. The Balaban J connectivity index is 1.71. The van der Waals surface area contributed by atoms with Gasteiger partial charge >= 0.3 is 6.18 Å². The highest BCUT2D eigenvalue weighted by Gasteiger charge is 2.37. The van der Waals surface area contributed by atoms with E-state index in [1.807, 2.05) is 19.0 Å². The second kappa shape index (κ2) is 7.94. The van der Waals surface area contributed by atoms with Crippen LogP contribution in [0, 0.1) is 0 Å². The molecule has 2 aliphatic rings. The monoisotopic (exact) mass is 420 g/mol. The summed E-state index contributed by atoms with van der Waals surface area (Å²) in [5.41, 5.74) is 2.41. The number of alkyl halides is 3. The van der Waals surface area contributed by atoms with Gasteiger partial charge in [-0.2, -0.15) is 13.2 Å². The number of hydrogen-bond acceptors (Lipinski definition) is 6. The Morgan fingerprint density at radius 3 is 2.43 bits per heavy atom. The second-order valence-corrected chi connectivity index (χ2v) is 8.20. The fourth-order valence-corrected chi connectivity index (χ4v) is 4.30. The molecule has 1 fully saturated rings. The first-order valence-corrected chi connectivity index (χ1v) is 10.2. The number of hydrogen-bond donors (Lipinski definition) is 1. The first-order chi connectivity index (χ1) is 14.2. The molecular formula is C21H27F3N6. The van der Waals surface area contributed by atoms with Crippen molar-refractivity contribution in [1.29, 1.82) is 0 Å². The van der Waals surface area contributed by atoms with Crippen molar-refractivity contribution in [3.8, 4) is 0 Å². The fourth-order valence-electron chi connectivity index (χ4n) is 4.30. The van der Waals surface area contributed by atoms with Crippen molar-refractivity contribution in [3.05, 3.63) is 41.2 Å². The van der Waals surface area contributed by atoms with E-state index in [-0.39, 0.29) is 0 Å². The maximum Gasteiger partial charge on any atom is 0.416 e. The molecule has 1 N–H and O–H groups in total. The lowest BCUT2D eigenvalue weighted by atomic mass is 9.91. The van der Waals surface area contributed by atoms with E-state index in [1.54, 1.807) is 18.5 Å². The minimum absolute atomic E-state index is 0.295. The third-order valence-corrected chi connectivity index (χ3v) is 5.79. The van der Waals surface area contributed by atoms with Gasteiger partial charge in [0, 0.05) is 58.5 Å². The van der Waals surface area contributed by atoms with Gasteiger partial charge in [-0.1, -0.05) is 0 Å². The minimum Gasteiger partial charge on any atom is -0.368 e. The molecule has 1 atom stereocenters. The third-order valence-electron chi connectivity index (χ3n) is 5.79. The smallest absolute Gasteiger partial charge is 0.368 e. The minimum atomic E-state index is -4.35. The number of aromatic nitrogens is 2. The first kappa shape index (κ1) is 20.7. The normalized spacial score (nSPS) is 19.6. The zero-order valence-electron chi connectivity index (χ0n) is 17.5. The van der Waals surface area contributed by atoms with E-state index in [2.05, 4.69) is 32.0 Å². The highest BCUT2D eigenvalue weighted by molar-refractivity contribution is 5.63. The number of nitrogens with zero attached hydrogens (tertiary/aromatic N) is 5. The van der Waals surface area contributed by atoms with Gasteiger partial charge in [-0.25, -0.2) is 9.97 Å². The van der Waals surface area contributed by atoms with Gasteiger partial charge in [-0.05, 0) is 36.6 Å². The second-order valence-electron chi connectivity index (χ2n) is 8.20. The van der Waals surface area contributed by atoms with Crippen LogP contribution in [0.4, 0.5) is 30.5 Å². The molecule has 6 nitrogen and oxygen atoms in total. The Hall–Kier alpha value is -2.55. The largest absolute Gasteiger partial charge is 0.416 e. The number of benzene rings is 1. The highest BCUT2D eigenvalue weighted by Crippen LogP contribution is 2.40. The lowest BCUT2D eigenvalue weighted by molar-refractivity contribution is -0.138. The summed E-state index contributed by atoms with van der Waals surface area (Å²) in [6.07, 6.45) is -0.520. The van der Waals surface area contributed by atoms with Crippen molar-refractivity contribution >= 4 is 17.3 Å². The van der Waals surface area contributed by atoms with Gasteiger partial charge in [-0.3, -0.25) is 0 Å². The molecule has 0 amide bonds. The molecule has 0 spiro atoms. The summed E-state index contributed by atoms with van der Waals surface area (Å²) in [6.45, 7) is 5.39. The lowest BCUT2D eigenvalue weighted by Crippen LogP contribution is -2.50. The maximum absolute atomic E-state index is 13.7. The first-order valence-electron chi connectivity index (χ1n) is 10.2. The van der Waals surface area contributed by atoms with E-state index >= 15 is 0 Å². The molecule has 162 valence electrons. The van der Waals surface area contributed by atoms with Crippen molar-refractivity contribution in [2.24, 2.45) is 0 Å².